The second kappa shape index (κ2) is 8.30. The number of methoxy groups -OCH3 is 1. The minimum absolute atomic E-state index is 0.328. The number of amides is 1. The van der Waals surface area contributed by atoms with Gasteiger partial charge in [-0.2, -0.15) is 0 Å². The summed E-state index contributed by atoms with van der Waals surface area (Å²) in [6, 6.07) is 4.59. The van der Waals surface area contributed by atoms with Gasteiger partial charge >= 0.3 is 6.09 Å². The number of hydrogen-bond donors (Lipinski definition) is 1. The number of benzene rings is 1. The third-order valence-electron chi connectivity index (χ3n) is 5.25. The number of carbonyl (C=O) groups excluding carboxylic acids is 1. The molecule has 1 aromatic rings. The van der Waals surface area contributed by atoms with Crippen molar-refractivity contribution in [2.45, 2.75) is 59.6 Å². The molecule has 0 radical (unpaired) electrons. The zero-order chi connectivity index (χ0) is 19.5. The number of hydrogen-bond acceptors (Lipinski definition) is 4. The van der Waals surface area contributed by atoms with Crippen LogP contribution in [0, 0.1) is 19.8 Å². The molecule has 0 bridgehead atoms. The van der Waals surface area contributed by atoms with Gasteiger partial charge in [-0.3, -0.25) is 4.90 Å². The number of ether oxygens (including phenoxy) is 2. The lowest BCUT2D eigenvalue weighted by Crippen LogP contribution is -2.36. The van der Waals surface area contributed by atoms with E-state index in [9.17, 15) is 4.79 Å². The number of carbonyl (C=O) groups is 1. The van der Waals surface area contributed by atoms with Gasteiger partial charge in [-0.25, -0.2) is 4.79 Å². The third kappa shape index (κ3) is 5.13. The topological polar surface area (TPSA) is 50.8 Å². The average Bonchev–Trinajstić information content (AvgIpc) is 3.02. The number of likely N-dealkylation sites (tertiary alicyclic amines) is 1. The molecule has 146 valence electrons. The van der Waals surface area contributed by atoms with Crippen LogP contribution in [0.25, 0.3) is 0 Å². The monoisotopic (exact) mass is 362 g/mol. The zero-order valence-corrected chi connectivity index (χ0v) is 17.3. The minimum Gasteiger partial charge on any atom is -0.496 e. The van der Waals surface area contributed by atoms with E-state index in [4.69, 9.17) is 9.47 Å². The summed E-state index contributed by atoms with van der Waals surface area (Å²) in [5.74, 6) is 1.41. The van der Waals surface area contributed by atoms with Crippen LogP contribution in [-0.2, 0) is 4.74 Å². The van der Waals surface area contributed by atoms with Gasteiger partial charge in [0.1, 0.15) is 11.4 Å². The molecule has 5 heteroatoms. The van der Waals surface area contributed by atoms with Crippen molar-refractivity contribution in [2.24, 2.45) is 5.92 Å². The molecule has 0 aliphatic carbocycles. The van der Waals surface area contributed by atoms with E-state index in [0.717, 1.165) is 25.3 Å². The van der Waals surface area contributed by atoms with Gasteiger partial charge in [0, 0.05) is 19.1 Å². The molecule has 1 aromatic carbocycles. The van der Waals surface area contributed by atoms with Crippen molar-refractivity contribution in [3.63, 3.8) is 0 Å². The lowest BCUT2D eigenvalue weighted by molar-refractivity contribution is 0.0519. The summed E-state index contributed by atoms with van der Waals surface area (Å²) in [5, 5.41) is 2.91. The Labute approximate surface area is 158 Å². The quantitative estimate of drug-likeness (QED) is 0.852. The lowest BCUT2D eigenvalue weighted by Gasteiger charge is -2.27. The van der Waals surface area contributed by atoms with Crippen LogP contribution in [0.1, 0.15) is 56.8 Å². The maximum absolute atomic E-state index is 11.8. The zero-order valence-electron chi connectivity index (χ0n) is 17.3. The number of nitrogens with one attached hydrogen (secondary N) is 1. The predicted molar refractivity (Wildman–Crippen MR) is 105 cm³/mol. The maximum atomic E-state index is 11.8. The van der Waals surface area contributed by atoms with Gasteiger partial charge in [-0.15, -0.1) is 0 Å². The Hall–Kier alpha value is -1.75. The molecule has 2 rings (SSSR count). The first-order valence-electron chi connectivity index (χ1n) is 9.47. The van der Waals surface area contributed by atoms with E-state index < -0.39 is 5.60 Å². The molecule has 1 fully saturated rings. The molecule has 1 aliphatic heterocycles. The van der Waals surface area contributed by atoms with Gasteiger partial charge in [-0.1, -0.05) is 6.07 Å². The van der Waals surface area contributed by atoms with Crippen molar-refractivity contribution in [3.8, 4) is 5.75 Å². The highest BCUT2D eigenvalue weighted by atomic mass is 16.6. The first-order valence-corrected chi connectivity index (χ1v) is 9.47. The second-order valence-electron chi connectivity index (χ2n) is 8.32. The summed E-state index contributed by atoms with van der Waals surface area (Å²) in [7, 11) is 1.72. The van der Waals surface area contributed by atoms with Crippen LogP contribution in [0.4, 0.5) is 4.79 Å². The van der Waals surface area contributed by atoms with E-state index in [1.807, 2.05) is 20.8 Å². The first-order chi connectivity index (χ1) is 12.1. The van der Waals surface area contributed by atoms with E-state index in [-0.39, 0.29) is 6.09 Å². The second-order valence-corrected chi connectivity index (χ2v) is 8.32. The van der Waals surface area contributed by atoms with Gasteiger partial charge < -0.3 is 14.8 Å². The van der Waals surface area contributed by atoms with E-state index in [1.165, 1.54) is 16.7 Å². The number of alkyl carbamates (subject to hydrolysis) is 1. The van der Waals surface area contributed by atoms with Crippen molar-refractivity contribution in [2.75, 3.05) is 26.7 Å². The summed E-state index contributed by atoms with van der Waals surface area (Å²) >= 11 is 0. The van der Waals surface area contributed by atoms with Crippen LogP contribution in [-0.4, -0.2) is 43.3 Å². The van der Waals surface area contributed by atoms with Crippen LogP contribution in [0.15, 0.2) is 12.1 Å². The largest absolute Gasteiger partial charge is 0.496 e. The fourth-order valence-electron chi connectivity index (χ4n) is 3.61. The smallest absolute Gasteiger partial charge is 0.407 e. The molecule has 5 nitrogen and oxygen atoms in total. The Morgan fingerprint density at radius 2 is 2.00 bits per heavy atom. The fraction of sp³-hybridized carbons (Fsp3) is 0.667. The molecule has 0 saturated carbocycles. The standard InChI is InChI=1S/C21H34N2O3/c1-14-15(2)19(25-7)9-8-18(14)16(3)23-11-10-17(13-23)12-22-20(24)26-21(4,5)6/h8-9,16-17H,10-13H2,1-7H3,(H,22,24)/t16-,17-/m1/s1. The highest BCUT2D eigenvalue weighted by molar-refractivity contribution is 5.67. The van der Waals surface area contributed by atoms with Crippen molar-refractivity contribution >= 4 is 6.09 Å². The third-order valence-corrected chi connectivity index (χ3v) is 5.25. The molecule has 0 spiro atoms. The Balaban J connectivity index is 1.92. The highest BCUT2D eigenvalue weighted by Gasteiger charge is 2.28. The van der Waals surface area contributed by atoms with E-state index in [2.05, 4.69) is 43.1 Å². The highest BCUT2D eigenvalue weighted by Crippen LogP contribution is 2.33. The molecule has 1 aliphatic rings. The number of nitrogens with zero attached hydrogens (tertiary/aromatic N) is 1. The SMILES string of the molecule is COc1ccc([C@@H](C)N2CC[C@H](CNC(=O)OC(C)(C)C)C2)c(C)c1C. The van der Waals surface area contributed by atoms with E-state index in [0.29, 0.717) is 18.5 Å². The Kier molecular flexibility index (Phi) is 6.56. The maximum Gasteiger partial charge on any atom is 0.407 e. The van der Waals surface area contributed by atoms with E-state index in [1.54, 1.807) is 7.11 Å². The van der Waals surface area contributed by atoms with Crippen molar-refractivity contribution in [3.05, 3.63) is 28.8 Å². The predicted octanol–water partition coefficient (Wildman–Crippen LogP) is 4.22. The molecular formula is C21H34N2O3. The summed E-state index contributed by atoms with van der Waals surface area (Å²) < 4.78 is 10.7. The number of rotatable bonds is 5. The Bertz CT molecular complexity index is 637. The molecule has 2 atom stereocenters. The van der Waals surface area contributed by atoms with E-state index >= 15 is 0 Å². The van der Waals surface area contributed by atoms with Crippen LogP contribution >= 0.6 is 0 Å². The average molecular weight is 363 g/mol. The normalized spacial score (nSPS) is 19.3. The lowest BCUT2D eigenvalue weighted by atomic mass is 9.97. The van der Waals surface area contributed by atoms with Gasteiger partial charge in [0.05, 0.1) is 7.11 Å². The molecule has 26 heavy (non-hydrogen) atoms. The van der Waals surface area contributed by atoms with Crippen molar-refractivity contribution in [1.29, 1.82) is 0 Å². The summed E-state index contributed by atoms with van der Waals surface area (Å²) in [6.07, 6.45) is 0.763. The molecule has 0 unspecified atom stereocenters. The first kappa shape index (κ1) is 20.6. The summed E-state index contributed by atoms with van der Waals surface area (Å²) in [5.41, 5.74) is 3.40. The van der Waals surface area contributed by atoms with Gasteiger partial charge in [-0.05, 0) is 83.2 Å². The van der Waals surface area contributed by atoms with Crippen molar-refractivity contribution in [1.82, 2.24) is 10.2 Å². The van der Waals surface area contributed by atoms with Gasteiger partial charge in [0.2, 0.25) is 0 Å². The summed E-state index contributed by atoms with van der Waals surface area (Å²) in [6.45, 7) is 14.9. The Morgan fingerprint density at radius 3 is 2.62 bits per heavy atom. The molecule has 0 aromatic heterocycles. The molecule has 1 N–H and O–H groups in total. The Morgan fingerprint density at radius 1 is 1.31 bits per heavy atom. The van der Waals surface area contributed by atoms with Gasteiger partial charge in [0.15, 0.2) is 0 Å². The van der Waals surface area contributed by atoms with Crippen LogP contribution in [0.5, 0.6) is 5.75 Å². The fourth-order valence-corrected chi connectivity index (χ4v) is 3.61. The summed E-state index contributed by atoms with van der Waals surface area (Å²) in [4.78, 5) is 14.3. The van der Waals surface area contributed by atoms with Crippen LogP contribution in [0.3, 0.4) is 0 Å². The van der Waals surface area contributed by atoms with Crippen LogP contribution < -0.4 is 10.1 Å². The van der Waals surface area contributed by atoms with Gasteiger partial charge in [0.25, 0.3) is 0 Å². The molecule has 1 heterocycles. The molecule has 1 amide bonds. The molecule has 1 saturated heterocycles. The minimum atomic E-state index is -0.454. The molecular weight excluding hydrogens is 328 g/mol. The van der Waals surface area contributed by atoms with Crippen LogP contribution in [0.2, 0.25) is 0 Å². The van der Waals surface area contributed by atoms with Crippen molar-refractivity contribution < 1.29 is 14.3 Å².